The summed E-state index contributed by atoms with van der Waals surface area (Å²) in [5, 5.41) is 16.1. The van der Waals surface area contributed by atoms with Gasteiger partial charge in [-0.25, -0.2) is 4.79 Å². The van der Waals surface area contributed by atoms with Crippen LogP contribution in [-0.2, 0) is 0 Å². The molecule has 6 heteroatoms. The van der Waals surface area contributed by atoms with Crippen LogP contribution in [0.3, 0.4) is 0 Å². The van der Waals surface area contributed by atoms with Gasteiger partial charge in [-0.05, 0) is 37.5 Å². The van der Waals surface area contributed by atoms with Crippen LogP contribution in [0.25, 0.3) is 0 Å². The van der Waals surface area contributed by atoms with E-state index in [0.717, 1.165) is 6.42 Å². The Morgan fingerprint density at radius 2 is 2.00 bits per heavy atom. The zero-order valence-electron chi connectivity index (χ0n) is 13.4. The van der Waals surface area contributed by atoms with Crippen molar-refractivity contribution in [1.29, 1.82) is 0 Å². The molecule has 0 aliphatic heterocycles. The van der Waals surface area contributed by atoms with Crippen LogP contribution in [0, 0.1) is 0 Å². The summed E-state index contributed by atoms with van der Waals surface area (Å²) in [7, 11) is 0. The first kappa shape index (κ1) is 18.6. The lowest BCUT2D eigenvalue weighted by Crippen LogP contribution is -2.43. The smallest absolute Gasteiger partial charge is 0.319 e. The second-order valence-corrected chi connectivity index (χ2v) is 5.66. The first-order chi connectivity index (χ1) is 10.4. The maximum Gasteiger partial charge on any atom is 0.319 e. The van der Waals surface area contributed by atoms with Gasteiger partial charge in [0.1, 0.15) is 5.75 Å². The quantitative estimate of drug-likeness (QED) is 0.679. The number of hydrogen-bond donors (Lipinski definition) is 3. The van der Waals surface area contributed by atoms with E-state index in [0.29, 0.717) is 35.9 Å². The minimum absolute atomic E-state index is 0.192. The molecule has 0 aromatic heterocycles. The molecule has 0 spiro atoms. The van der Waals surface area contributed by atoms with E-state index in [9.17, 15) is 9.90 Å². The van der Waals surface area contributed by atoms with Crippen molar-refractivity contribution >= 4 is 23.3 Å². The molecule has 0 heterocycles. The highest BCUT2D eigenvalue weighted by atomic mass is 35.5. The van der Waals surface area contributed by atoms with Crippen molar-refractivity contribution in [3.8, 4) is 5.75 Å². The van der Waals surface area contributed by atoms with Crippen molar-refractivity contribution in [3.63, 3.8) is 0 Å². The zero-order chi connectivity index (χ0) is 16.6. The number of carbonyl (C=O) groups excluding carboxylic acids is 1. The molecule has 3 N–H and O–H groups in total. The summed E-state index contributed by atoms with van der Waals surface area (Å²) in [6.07, 6.45) is 2.02. The minimum atomic E-state index is -0.882. The van der Waals surface area contributed by atoms with Crippen LogP contribution in [0.15, 0.2) is 18.2 Å². The Kier molecular flexibility index (Phi) is 7.48. The van der Waals surface area contributed by atoms with Crippen LogP contribution in [0.5, 0.6) is 5.75 Å². The average molecular weight is 329 g/mol. The predicted molar refractivity (Wildman–Crippen MR) is 89.8 cm³/mol. The Labute approximate surface area is 137 Å². The van der Waals surface area contributed by atoms with Crippen molar-refractivity contribution < 1.29 is 14.6 Å². The first-order valence-electron chi connectivity index (χ1n) is 7.63. The number of urea groups is 1. The van der Waals surface area contributed by atoms with Gasteiger partial charge >= 0.3 is 6.03 Å². The number of rotatable bonds is 8. The zero-order valence-corrected chi connectivity index (χ0v) is 14.2. The summed E-state index contributed by atoms with van der Waals surface area (Å²) in [6, 6.07) is 4.67. The van der Waals surface area contributed by atoms with Crippen LogP contribution in [-0.4, -0.2) is 29.9 Å². The summed E-state index contributed by atoms with van der Waals surface area (Å²) in [6.45, 7) is 6.53. The van der Waals surface area contributed by atoms with E-state index in [-0.39, 0.29) is 6.54 Å². The molecule has 0 saturated heterocycles. The number of anilines is 1. The maximum atomic E-state index is 12.0. The van der Waals surface area contributed by atoms with Crippen molar-refractivity contribution in [3.05, 3.63) is 23.2 Å². The molecule has 22 heavy (non-hydrogen) atoms. The summed E-state index contributed by atoms with van der Waals surface area (Å²) in [5.74, 6) is 0.572. The molecule has 0 aliphatic rings. The number of carbonyl (C=O) groups is 1. The highest BCUT2D eigenvalue weighted by molar-refractivity contribution is 6.31. The van der Waals surface area contributed by atoms with Crippen LogP contribution >= 0.6 is 11.6 Å². The number of amides is 2. The Hall–Kier alpha value is -1.46. The molecule has 5 nitrogen and oxygen atoms in total. The van der Waals surface area contributed by atoms with Gasteiger partial charge < -0.3 is 20.5 Å². The van der Waals surface area contributed by atoms with E-state index in [1.807, 2.05) is 20.8 Å². The second kappa shape index (κ2) is 8.86. The molecule has 1 aromatic carbocycles. The van der Waals surface area contributed by atoms with E-state index in [1.54, 1.807) is 18.2 Å². The Bertz CT molecular complexity index is 490. The summed E-state index contributed by atoms with van der Waals surface area (Å²) >= 11 is 5.96. The molecule has 124 valence electrons. The Morgan fingerprint density at radius 3 is 2.59 bits per heavy atom. The Morgan fingerprint density at radius 1 is 1.32 bits per heavy atom. The molecule has 0 saturated carbocycles. The molecular weight excluding hydrogens is 304 g/mol. The second-order valence-electron chi connectivity index (χ2n) is 5.23. The van der Waals surface area contributed by atoms with Crippen molar-refractivity contribution in [2.75, 3.05) is 18.5 Å². The van der Waals surface area contributed by atoms with Crippen LogP contribution < -0.4 is 15.4 Å². The van der Waals surface area contributed by atoms with Gasteiger partial charge in [0.25, 0.3) is 0 Å². The molecule has 0 radical (unpaired) electrons. The van der Waals surface area contributed by atoms with Gasteiger partial charge in [0.2, 0.25) is 0 Å². The first-order valence-corrected chi connectivity index (χ1v) is 8.01. The fourth-order valence-corrected chi connectivity index (χ4v) is 2.02. The van der Waals surface area contributed by atoms with Gasteiger partial charge in [-0.2, -0.15) is 0 Å². The Balaban J connectivity index is 2.68. The fourth-order valence-electron chi connectivity index (χ4n) is 1.85. The summed E-state index contributed by atoms with van der Waals surface area (Å²) in [4.78, 5) is 12.0. The number of halogens is 1. The van der Waals surface area contributed by atoms with E-state index in [2.05, 4.69) is 10.6 Å². The molecule has 1 aromatic rings. The topological polar surface area (TPSA) is 70.6 Å². The van der Waals surface area contributed by atoms with Gasteiger partial charge in [-0.15, -0.1) is 0 Å². The molecule has 0 bridgehead atoms. The predicted octanol–water partition coefficient (Wildman–Crippen LogP) is 3.80. The summed E-state index contributed by atoms with van der Waals surface area (Å²) in [5.41, 5.74) is -0.372. The minimum Gasteiger partial charge on any atom is -0.491 e. The SMILES string of the molecule is CCCOc1ccc(Cl)cc1NC(=O)NCC(O)(CC)CC. The molecule has 2 amide bonds. The van der Waals surface area contributed by atoms with E-state index in [4.69, 9.17) is 16.3 Å². The van der Waals surface area contributed by atoms with Gasteiger partial charge in [-0.1, -0.05) is 32.4 Å². The number of aliphatic hydroxyl groups is 1. The van der Waals surface area contributed by atoms with Crippen LogP contribution in [0.1, 0.15) is 40.0 Å². The average Bonchev–Trinajstić information content (AvgIpc) is 2.52. The monoisotopic (exact) mass is 328 g/mol. The lowest BCUT2D eigenvalue weighted by Gasteiger charge is -2.25. The number of benzene rings is 1. The fraction of sp³-hybridized carbons (Fsp3) is 0.562. The maximum absolute atomic E-state index is 12.0. The van der Waals surface area contributed by atoms with E-state index in [1.165, 1.54) is 0 Å². The molecule has 0 atom stereocenters. The summed E-state index contributed by atoms with van der Waals surface area (Å²) < 4.78 is 5.58. The number of hydrogen-bond acceptors (Lipinski definition) is 3. The van der Waals surface area contributed by atoms with Crippen LogP contribution in [0.2, 0.25) is 5.02 Å². The van der Waals surface area contributed by atoms with Gasteiger partial charge in [0.05, 0.1) is 17.9 Å². The van der Waals surface area contributed by atoms with Crippen molar-refractivity contribution in [1.82, 2.24) is 5.32 Å². The highest BCUT2D eigenvalue weighted by Crippen LogP contribution is 2.28. The van der Waals surface area contributed by atoms with Crippen molar-refractivity contribution in [2.24, 2.45) is 0 Å². The standard InChI is InChI=1S/C16H25ClN2O3/c1-4-9-22-14-8-7-12(17)10-13(14)19-15(20)18-11-16(21,5-2)6-3/h7-8,10,21H,4-6,9,11H2,1-3H3,(H2,18,19,20). The third-order valence-corrected chi connectivity index (χ3v) is 3.78. The van der Waals surface area contributed by atoms with Gasteiger partial charge in [0, 0.05) is 11.6 Å². The lowest BCUT2D eigenvalue weighted by atomic mass is 9.98. The number of ether oxygens (including phenoxy) is 1. The lowest BCUT2D eigenvalue weighted by molar-refractivity contribution is 0.0354. The third kappa shape index (κ3) is 5.73. The molecule has 0 aliphatic carbocycles. The molecule has 0 fully saturated rings. The third-order valence-electron chi connectivity index (χ3n) is 3.55. The van der Waals surface area contributed by atoms with Gasteiger partial charge in [-0.3, -0.25) is 0 Å². The van der Waals surface area contributed by atoms with E-state index < -0.39 is 11.6 Å². The van der Waals surface area contributed by atoms with Crippen molar-refractivity contribution in [2.45, 2.75) is 45.6 Å². The largest absolute Gasteiger partial charge is 0.491 e. The number of nitrogens with one attached hydrogen (secondary N) is 2. The van der Waals surface area contributed by atoms with E-state index >= 15 is 0 Å². The molecule has 1 rings (SSSR count). The van der Waals surface area contributed by atoms with Crippen LogP contribution in [0.4, 0.5) is 10.5 Å². The highest BCUT2D eigenvalue weighted by Gasteiger charge is 2.22. The normalized spacial score (nSPS) is 11.1. The molecule has 0 unspecified atom stereocenters. The van der Waals surface area contributed by atoms with Gasteiger partial charge in [0.15, 0.2) is 0 Å². The molecular formula is C16H25ClN2O3.